The van der Waals surface area contributed by atoms with Crippen LogP contribution in [-0.2, 0) is 6.42 Å². The maximum absolute atomic E-state index is 12.9. The summed E-state index contributed by atoms with van der Waals surface area (Å²) >= 11 is 1.32. The lowest BCUT2D eigenvalue weighted by molar-refractivity contribution is 0.102. The van der Waals surface area contributed by atoms with Gasteiger partial charge >= 0.3 is 0 Å². The molecule has 1 amide bonds. The Morgan fingerprint density at radius 2 is 1.84 bits per heavy atom. The quantitative estimate of drug-likeness (QED) is 0.651. The van der Waals surface area contributed by atoms with Gasteiger partial charge < -0.3 is 4.74 Å². The molecule has 1 aromatic heterocycles. The van der Waals surface area contributed by atoms with Crippen molar-refractivity contribution in [3.8, 4) is 5.75 Å². The van der Waals surface area contributed by atoms with Gasteiger partial charge in [0.15, 0.2) is 0 Å². The third kappa shape index (κ3) is 5.09. The second-order valence-corrected chi connectivity index (χ2v) is 6.29. The van der Waals surface area contributed by atoms with Gasteiger partial charge in [-0.3, -0.25) is 10.1 Å². The number of ether oxygens (including phenoxy) is 1. The molecule has 2 aromatic carbocycles. The van der Waals surface area contributed by atoms with Crippen LogP contribution in [0, 0.1) is 5.82 Å². The average Bonchev–Trinajstić information content (AvgIpc) is 3.07. The first kappa shape index (κ1) is 17.0. The maximum Gasteiger partial charge on any atom is 0.257 e. The van der Waals surface area contributed by atoms with E-state index in [2.05, 4.69) is 15.5 Å². The normalized spacial score (nSPS) is 10.4. The molecule has 7 heteroatoms. The van der Waals surface area contributed by atoms with Crippen LogP contribution in [0.2, 0.25) is 0 Å². The molecule has 3 rings (SSSR count). The molecule has 0 atom stereocenters. The zero-order valence-electron chi connectivity index (χ0n) is 13.3. The van der Waals surface area contributed by atoms with Crippen LogP contribution in [0.15, 0.2) is 54.6 Å². The lowest BCUT2D eigenvalue weighted by atomic mass is 10.2. The Labute approximate surface area is 148 Å². The van der Waals surface area contributed by atoms with E-state index in [1.54, 1.807) is 0 Å². The molecule has 0 aliphatic heterocycles. The van der Waals surface area contributed by atoms with Crippen LogP contribution in [0.5, 0.6) is 5.75 Å². The Hall–Kier alpha value is -2.80. The number of nitrogens with one attached hydrogen (secondary N) is 1. The van der Waals surface area contributed by atoms with Gasteiger partial charge in [-0.05, 0) is 42.8 Å². The molecule has 0 fully saturated rings. The van der Waals surface area contributed by atoms with Crippen molar-refractivity contribution in [3.63, 3.8) is 0 Å². The van der Waals surface area contributed by atoms with Gasteiger partial charge in [0.2, 0.25) is 5.13 Å². The number of aryl methyl sites for hydroxylation is 1. The molecule has 1 N–H and O–H groups in total. The highest BCUT2D eigenvalue weighted by Gasteiger charge is 2.10. The molecule has 25 heavy (non-hydrogen) atoms. The van der Waals surface area contributed by atoms with Crippen LogP contribution in [0.4, 0.5) is 9.52 Å². The van der Waals surface area contributed by atoms with Crippen LogP contribution < -0.4 is 10.1 Å². The summed E-state index contributed by atoms with van der Waals surface area (Å²) in [6.45, 7) is 0.584. The van der Waals surface area contributed by atoms with E-state index >= 15 is 0 Å². The first-order valence-corrected chi connectivity index (χ1v) is 8.59. The van der Waals surface area contributed by atoms with Crippen molar-refractivity contribution in [1.29, 1.82) is 0 Å². The van der Waals surface area contributed by atoms with Gasteiger partial charge in [0.1, 0.15) is 16.6 Å². The van der Waals surface area contributed by atoms with Crippen molar-refractivity contribution in [3.05, 3.63) is 71.0 Å². The molecule has 5 nitrogen and oxygen atoms in total. The van der Waals surface area contributed by atoms with E-state index < -0.39 is 0 Å². The molecule has 0 unspecified atom stereocenters. The van der Waals surface area contributed by atoms with Gasteiger partial charge in [-0.2, -0.15) is 0 Å². The van der Waals surface area contributed by atoms with E-state index in [1.807, 2.05) is 30.3 Å². The van der Waals surface area contributed by atoms with E-state index in [4.69, 9.17) is 4.74 Å². The fourth-order valence-corrected chi connectivity index (χ4v) is 2.88. The number of para-hydroxylation sites is 1. The summed E-state index contributed by atoms with van der Waals surface area (Å²) in [6, 6.07) is 15.0. The van der Waals surface area contributed by atoms with Crippen LogP contribution in [0.1, 0.15) is 21.8 Å². The van der Waals surface area contributed by atoms with Crippen LogP contribution in [0.3, 0.4) is 0 Å². The van der Waals surface area contributed by atoms with Crippen LogP contribution in [-0.4, -0.2) is 22.7 Å². The second kappa shape index (κ2) is 8.34. The number of hydrogen-bond donors (Lipinski definition) is 1. The number of benzene rings is 2. The van der Waals surface area contributed by atoms with Gasteiger partial charge in [0.25, 0.3) is 5.91 Å². The zero-order chi connectivity index (χ0) is 17.5. The van der Waals surface area contributed by atoms with Gasteiger partial charge in [-0.25, -0.2) is 4.39 Å². The Morgan fingerprint density at radius 1 is 1.08 bits per heavy atom. The molecule has 0 radical (unpaired) electrons. The molecule has 0 aliphatic rings. The molecule has 3 aromatic rings. The second-order valence-electron chi connectivity index (χ2n) is 5.23. The average molecular weight is 357 g/mol. The number of carbonyl (C=O) groups is 1. The van der Waals surface area contributed by atoms with E-state index in [-0.39, 0.29) is 11.7 Å². The van der Waals surface area contributed by atoms with Crippen molar-refractivity contribution in [2.24, 2.45) is 0 Å². The summed E-state index contributed by atoms with van der Waals surface area (Å²) in [7, 11) is 0. The fourth-order valence-electron chi connectivity index (χ4n) is 2.11. The predicted octanol–water partition coefficient (Wildman–Crippen LogP) is 3.94. The number of nitrogens with zero attached hydrogens (tertiary/aromatic N) is 2. The van der Waals surface area contributed by atoms with Gasteiger partial charge in [0.05, 0.1) is 6.61 Å². The minimum atomic E-state index is -0.382. The Kier molecular flexibility index (Phi) is 5.69. The van der Waals surface area contributed by atoms with Gasteiger partial charge in [0, 0.05) is 12.0 Å². The number of halogens is 1. The Bertz CT molecular complexity index is 822. The Balaban J connectivity index is 1.45. The minimum absolute atomic E-state index is 0.338. The highest BCUT2D eigenvalue weighted by Crippen LogP contribution is 2.18. The first-order chi connectivity index (χ1) is 12.2. The number of anilines is 1. The third-order valence-electron chi connectivity index (χ3n) is 3.34. The van der Waals surface area contributed by atoms with Crippen molar-refractivity contribution in [2.75, 3.05) is 11.9 Å². The van der Waals surface area contributed by atoms with Crippen molar-refractivity contribution in [2.45, 2.75) is 12.8 Å². The lowest BCUT2D eigenvalue weighted by Crippen LogP contribution is -2.11. The fraction of sp³-hybridized carbons (Fsp3) is 0.167. The van der Waals surface area contributed by atoms with Crippen molar-refractivity contribution in [1.82, 2.24) is 10.2 Å². The molecular weight excluding hydrogens is 341 g/mol. The number of carbonyl (C=O) groups excluding carboxylic acids is 1. The SMILES string of the molecule is O=C(Nc1nnc(CCCOc2ccccc2)s1)c1ccc(F)cc1. The van der Waals surface area contributed by atoms with E-state index in [9.17, 15) is 9.18 Å². The molecule has 0 spiro atoms. The summed E-state index contributed by atoms with van der Waals surface area (Å²) in [5, 5.41) is 11.9. The maximum atomic E-state index is 12.9. The predicted molar refractivity (Wildman–Crippen MR) is 94.5 cm³/mol. The minimum Gasteiger partial charge on any atom is -0.494 e. The largest absolute Gasteiger partial charge is 0.494 e. The summed E-state index contributed by atoms with van der Waals surface area (Å²) < 4.78 is 18.5. The number of aromatic nitrogens is 2. The highest BCUT2D eigenvalue weighted by atomic mass is 32.1. The van der Waals surface area contributed by atoms with Crippen molar-refractivity contribution >= 4 is 22.4 Å². The molecule has 1 heterocycles. The number of rotatable bonds is 7. The van der Waals surface area contributed by atoms with E-state index in [1.165, 1.54) is 35.6 Å². The first-order valence-electron chi connectivity index (χ1n) is 7.78. The molecule has 0 saturated carbocycles. The summed E-state index contributed by atoms with van der Waals surface area (Å²) in [4.78, 5) is 12.0. The molecule has 128 valence electrons. The highest BCUT2D eigenvalue weighted by molar-refractivity contribution is 7.15. The lowest BCUT2D eigenvalue weighted by Gasteiger charge is -2.04. The summed E-state index contributed by atoms with van der Waals surface area (Å²) in [5.74, 6) is 0.120. The van der Waals surface area contributed by atoms with Gasteiger partial charge in [-0.1, -0.05) is 29.5 Å². The number of hydrogen-bond acceptors (Lipinski definition) is 5. The standard InChI is InChI=1S/C18H16FN3O2S/c19-14-10-8-13(9-11-14)17(23)20-18-22-21-16(25-18)7-4-12-24-15-5-2-1-3-6-15/h1-3,5-6,8-11H,4,7,12H2,(H,20,22,23). The molecule has 0 saturated heterocycles. The zero-order valence-corrected chi connectivity index (χ0v) is 14.1. The molecule has 0 aliphatic carbocycles. The van der Waals surface area contributed by atoms with E-state index in [0.29, 0.717) is 17.3 Å². The smallest absolute Gasteiger partial charge is 0.257 e. The molecule has 0 bridgehead atoms. The van der Waals surface area contributed by atoms with Crippen molar-refractivity contribution < 1.29 is 13.9 Å². The van der Waals surface area contributed by atoms with Gasteiger partial charge in [-0.15, -0.1) is 10.2 Å². The van der Waals surface area contributed by atoms with Crippen LogP contribution >= 0.6 is 11.3 Å². The van der Waals surface area contributed by atoms with Crippen LogP contribution in [0.25, 0.3) is 0 Å². The topological polar surface area (TPSA) is 64.1 Å². The monoisotopic (exact) mass is 357 g/mol. The third-order valence-corrected chi connectivity index (χ3v) is 4.24. The number of amides is 1. The summed E-state index contributed by atoms with van der Waals surface area (Å²) in [6.07, 6.45) is 1.52. The van der Waals surface area contributed by atoms with E-state index in [0.717, 1.165) is 23.6 Å². The summed E-state index contributed by atoms with van der Waals surface area (Å²) in [5.41, 5.74) is 0.370. The molecular formula is C18H16FN3O2S. The Morgan fingerprint density at radius 3 is 2.60 bits per heavy atom.